The Bertz CT molecular complexity index is 741. The zero-order valence-corrected chi connectivity index (χ0v) is 22.5. The molecule has 3 saturated carbocycles. The average molecular weight is 459 g/mol. The first-order valence-corrected chi connectivity index (χ1v) is 14.0. The second-order valence-electron chi connectivity index (χ2n) is 13.1. The van der Waals surface area contributed by atoms with Gasteiger partial charge in [0.2, 0.25) is 0 Å². The molecule has 0 aromatic carbocycles. The van der Waals surface area contributed by atoms with Gasteiger partial charge in [-0.05, 0) is 84.9 Å². The number of hydrogen-bond donors (Lipinski definition) is 0. The van der Waals surface area contributed by atoms with Crippen LogP contribution in [0.3, 0.4) is 0 Å². The Morgan fingerprint density at radius 1 is 1.06 bits per heavy atom. The van der Waals surface area contributed by atoms with Crippen LogP contribution >= 0.6 is 0 Å². The van der Waals surface area contributed by atoms with E-state index in [2.05, 4.69) is 40.7 Å². The van der Waals surface area contributed by atoms with Gasteiger partial charge in [0.1, 0.15) is 6.10 Å². The fourth-order valence-corrected chi connectivity index (χ4v) is 9.17. The molecule has 0 aromatic heterocycles. The third kappa shape index (κ3) is 4.57. The lowest BCUT2D eigenvalue weighted by Crippen LogP contribution is -2.55. The van der Waals surface area contributed by atoms with Gasteiger partial charge in [-0.3, -0.25) is 4.79 Å². The molecule has 0 amide bonds. The largest absolute Gasteiger partial charge is 0.462 e. The maximum atomic E-state index is 11.6. The third-order valence-corrected chi connectivity index (χ3v) is 10.9. The molecule has 33 heavy (non-hydrogen) atoms. The summed E-state index contributed by atoms with van der Waals surface area (Å²) in [6.07, 6.45) is 15.4. The summed E-state index contributed by atoms with van der Waals surface area (Å²) < 4.78 is 11.9. The summed E-state index contributed by atoms with van der Waals surface area (Å²) in [5.41, 5.74) is 2.22. The maximum absolute atomic E-state index is 11.6. The van der Waals surface area contributed by atoms with Crippen LogP contribution in [0.4, 0.5) is 0 Å². The van der Waals surface area contributed by atoms with Gasteiger partial charge in [0, 0.05) is 20.5 Å². The zero-order chi connectivity index (χ0) is 24.0. The van der Waals surface area contributed by atoms with Crippen molar-refractivity contribution in [3.63, 3.8) is 0 Å². The zero-order valence-electron chi connectivity index (χ0n) is 22.5. The van der Waals surface area contributed by atoms with Crippen molar-refractivity contribution < 1.29 is 14.3 Å². The SMILES string of the molecule is CO[C@H]1C=C2C[C@@H](OC(C)=O)CC[C@]2(C)[C@H]2CC[C@]3(C)[C@@H]([C@@H](C)CCCC(C)C)CC[C@H]3[C@H]12. The molecule has 188 valence electrons. The first-order chi connectivity index (χ1) is 15.6. The highest BCUT2D eigenvalue weighted by molar-refractivity contribution is 5.66. The lowest BCUT2D eigenvalue weighted by Gasteiger charge is -2.60. The molecule has 0 unspecified atom stereocenters. The third-order valence-electron chi connectivity index (χ3n) is 10.9. The summed E-state index contributed by atoms with van der Waals surface area (Å²) >= 11 is 0. The van der Waals surface area contributed by atoms with Crippen molar-refractivity contribution in [1.82, 2.24) is 0 Å². The monoisotopic (exact) mass is 458 g/mol. The van der Waals surface area contributed by atoms with E-state index in [1.807, 2.05) is 7.11 Å². The highest BCUT2D eigenvalue weighted by Gasteiger charge is 2.61. The van der Waals surface area contributed by atoms with Crippen molar-refractivity contribution in [2.24, 2.45) is 46.3 Å². The molecule has 4 aliphatic carbocycles. The molecule has 3 heteroatoms. The minimum absolute atomic E-state index is 0.0484. The average Bonchev–Trinajstić information content (AvgIpc) is 3.10. The van der Waals surface area contributed by atoms with Crippen LogP contribution in [-0.2, 0) is 14.3 Å². The molecule has 0 spiro atoms. The number of carbonyl (C=O) groups excluding carboxylic acids is 1. The molecule has 0 aromatic rings. The Labute approximate surface area is 203 Å². The molecule has 0 N–H and O–H groups in total. The van der Waals surface area contributed by atoms with Crippen molar-refractivity contribution in [2.45, 2.75) is 118 Å². The normalized spacial score (nSPS) is 43.3. The molecular formula is C30H50O3. The van der Waals surface area contributed by atoms with Gasteiger partial charge >= 0.3 is 5.97 Å². The Morgan fingerprint density at radius 3 is 2.48 bits per heavy atom. The van der Waals surface area contributed by atoms with Crippen LogP contribution in [0.1, 0.15) is 106 Å². The topological polar surface area (TPSA) is 35.5 Å². The van der Waals surface area contributed by atoms with E-state index >= 15 is 0 Å². The van der Waals surface area contributed by atoms with E-state index in [1.165, 1.54) is 50.5 Å². The van der Waals surface area contributed by atoms with Crippen LogP contribution in [0.5, 0.6) is 0 Å². The van der Waals surface area contributed by atoms with Crippen molar-refractivity contribution in [1.29, 1.82) is 0 Å². The molecule has 4 rings (SSSR count). The summed E-state index contributed by atoms with van der Waals surface area (Å²) in [5, 5.41) is 0. The van der Waals surface area contributed by atoms with Crippen LogP contribution < -0.4 is 0 Å². The fraction of sp³-hybridized carbons (Fsp3) is 0.900. The maximum Gasteiger partial charge on any atom is 0.302 e. The summed E-state index contributed by atoms with van der Waals surface area (Å²) in [6, 6.07) is 0. The number of fused-ring (bicyclic) bond motifs is 5. The quantitative estimate of drug-likeness (QED) is 0.291. The number of ether oxygens (including phenoxy) is 2. The first-order valence-electron chi connectivity index (χ1n) is 14.0. The Hall–Kier alpha value is -0.830. The molecule has 3 nitrogen and oxygen atoms in total. The standard InChI is InChI=1S/C30H50O3/c1-19(2)9-8-10-20(3)24-11-12-25-28-26(14-16-30(24,25)6)29(5)15-13-23(33-21(4)31)17-22(29)18-27(28)32-7/h18-20,23-28H,8-17H2,1-7H3/t20-,23-,24+,25-,26-,27-,28-,29-,30+/m0/s1. The second-order valence-corrected chi connectivity index (χ2v) is 13.1. The number of methoxy groups -OCH3 is 1. The smallest absolute Gasteiger partial charge is 0.302 e. The van der Waals surface area contributed by atoms with Gasteiger partial charge in [-0.25, -0.2) is 0 Å². The minimum Gasteiger partial charge on any atom is -0.462 e. The number of hydrogen-bond acceptors (Lipinski definition) is 3. The Balaban J connectivity index is 1.55. The van der Waals surface area contributed by atoms with Gasteiger partial charge in [-0.15, -0.1) is 0 Å². The van der Waals surface area contributed by atoms with Gasteiger partial charge in [0.15, 0.2) is 0 Å². The van der Waals surface area contributed by atoms with E-state index < -0.39 is 0 Å². The summed E-state index contributed by atoms with van der Waals surface area (Å²) in [6.45, 7) is 14.0. The molecular weight excluding hydrogens is 408 g/mol. The highest BCUT2D eigenvalue weighted by atomic mass is 16.5. The summed E-state index contributed by atoms with van der Waals surface area (Å²) in [7, 11) is 1.92. The van der Waals surface area contributed by atoms with E-state index in [0.29, 0.717) is 17.3 Å². The molecule has 9 atom stereocenters. The first kappa shape index (κ1) is 25.3. The molecule has 0 aliphatic heterocycles. The molecule has 0 bridgehead atoms. The number of rotatable bonds is 7. The fourth-order valence-electron chi connectivity index (χ4n) is 9.17. The lowest BCUT2D eigenvalue weighted by atomic mass is 9.46. The van der Waals surface area contributed by atoms with Crippen molar-refractivity contribution >= 4 is 5.97 Å². The van der Waals surface area contributed by atoms with E-state index in [-0.39, 0.29) is 23.6 Å². The Morgan fingerprint density at radius 2 is 1.82 bits per heavy atom. The second kappa shape index (κ2) is 9.67. The van der Waals surface area contributed by atoms with Gasteiger partial charge in [-0.2, -0.15) is 0 Å². The number of esters is 1. The van der Waals surface area contributed by atoms with E-state index in [1.54, 1.807) is 6.92 Å². The van der Waals surface area contributed by atoms with Gasteiger partial charge in [0.05, 0.1) is 6.10 Å². The van der Waals surface area contributed by atoms with Crippen LogP contribution in [0.15, 0.2) is 11.6 Å². The molecule has 3 fully saturated rings. The summed E-state index contributed by atoms with van der Waals surface area (Å²) in [4.78, 5) is 11.6. The predicted octanol–water partition coefficient (Wildman–Crippen LogP) is 7.58. The van der Waals surface area contributed by atoms with Crippen molar-refractivity contribution in [2.75, 3.05) is 7.11 Å². The van der Waals surface area contributed by atoms with Gasteiger partial charge < -0.3 is 9.47 Å². The van der Waals surface area contributed by atoms with Gasteiger partial charge in [-0.1, -0.05) is 65.5 Å². The molecule has 0 heterocycles. The van der Waals surface area contributed by atoms with Crippen LogP contribution in [-0.4, -0.2) is 25.3 Å². The van der Waals surface area contributed by atoms with E-state index in [4.69, 9.17) is 9.47 Å². The molecule has 0 radical (unpaired) electrons. The molecule has 0 saturated heterocycles. The van der Waals surface area contributed by atoms with Crippen LogP contribution in [0.25, 0.3) is 0 Å². The minimum atomic E-state index is -0.144. The lowest BCUT2D eigenvalue weighted by molar-refractivity contribution is -0.149. The predicted molar refractivity (Wildman–Crippen MR) is 135 cm³/mol. The Kier molecular flexibility index (Phi) is 7.40. The van der Waals surface area contributed by atoms with Crippen molar-refractivity contribution in [3.05, 3.63) is 11.6 Å². The van der Waals surface area contributed by atoms with Gasteiger partial charge in [0.25, 0.3) is 0 Å². The highest BCUT2D eigenvalue weighted by Crippen LogP contribution is 2.67. The van der Waals surface area contributed by atoms with Crippen LogP contribution in [0.2, 0.25) is 0 Å². The van der Waals surface area contributed by atoms with E-state index in [0.717, 1.165) is 42.9 Å². The van der Waals surface area contributed by atoms with E-state index in [9.17, 15) is 4.79 Å². The molecule has 4 aliphatic rings. The van der Waals surface area contributed by atoms with Crippen molar-refractivity contribution in [3.8, 4) is 0 Å². The summed E-state index contributed by atoms with van der Waals surface area (Å²) in [5.74, 6) is 4.50. The van der Waals surface area contributed by atoms with Crippen LogP contribution in [0, 0.1) is 46.3 Å². The number of carbonyl (C=O) groups is 1.